The van der Waals surface area contributed by atoms with Gasteiger partial charge in [0.1, 0.15) is 0 Å². The van der Waals surface area contributed by atoms with Gasteiger partial charge in [0, 0.05) is 11.9 Å². The van der Waals surface area contributed by atoms with Gasteiger partial charge in [-0.25, -0.2) is 0 Å². The Kier molecular flexibility index (Phi) is 3.97. The van der Waals surface area contributed by atoms with Gasteiger partial charge in [0.05, 0.1) is 0 Å². The predicted molar refractivity (Wildman–Crippen MR) is 63.2 cm³/mol. The quantitative estimate of drug-likeness (QED) is 0.758. The first-order chi connectivity index (χ1) is 6.61. The summed E-state index contributed by atoms with van der Waals surface area (Å²) < 4.78 is 0. The van der Waals surface area contributed by atoms with Crippen molar-refractivity contribution in [3.63, 3.8) is 0 Å². The van der Waals surface area contributed by atoms with E-state index in [2.05, 4.69) is 38.2 Å². The van der Waals surface area contributed by atoms with E-state index in [1.165, 1.54) is 22.3 Å². The molecule has 0 saturated heterocycles. The average Bonchev–Trinajstić information content (AvgIpc) is 2.19. The van der Waals surface area contributed by atoms with Crippen LogP contribution in [0.15, 0.2) is 12.1 Å². The Balaban J connectivity index is 3.16. The molecule has 0 heterocycles. The van der Waals surface area contributed by atoms with Crippen LogP contribution < -0.4 is 5.32 Å². The second-order valence-electron chi connectivity index (χ2n) is 3.72. The fourth-order valence-corrected chi connectivity index (χ4v) is 1.99. The third-order valence-electron chi connectivity index (χ3n) is 2.98. The van der Waals surface area contributed by atoms with Crippen LogP contribution in [0, 0.1) is 20.8 Å². The lowest BCUT2D eigenvalue weighted by Crippen LogP contribution is -2.19. The van der Waals surface area contributed by atoms with Crippen molar-refractivity contribution >= 4 is 11.6 Å². The fraction of sp³-hybridized carbons (Fsp3) is 0.500. The molecule has 2 heteroatoms. The minimum absolute atomic E-state index is 0.260. The molecule has 1 unspecified atom stereocenters. The number of hydrogen-bond acceptors (Lipinski definition) is 1. The summed E-state index contributed by atoms with van der Waals surface area (Å²) in [7, 11) is 1.95. The minimum atomic E-state index is 0.260. The maximum atomic E-state index is 5.90. The zero-order chi connectivity index (χ0) is 10.7. The molecule has 0 aliphatic carbocycles. The van der Waals surface area contributed by atoms with Crippen molar-refractivity contribution < 1.29 is 0 Å². The van der Waals surface area contributed by atoms with Crippen molar-refractivity contribution in [1.29, 1.82) is 0 Å². The fourth-order valence-electron chi connectivity index (χ4n) is 1.67. The number of halogens is 1. The largest absolute Gasteiger partial charge is 0.312 e. The van der Waals surface area contributed by atoms with Crippen molar-refractivity contribution in [3.8, 4) is 0 Å². The second kappa shape index (κ2) is 4.81. The van der Waals surface area contributed by atoms with Crippen LogP contribution in [0.4, 0.5) is 0 Å². The van der Waals surface area contributed by atoms with Crippen LogP contribution in [0.1, 0.15) is 28.3 Å². The molecule has 1 atom stereocenters. The number of alkyl halides is 1. The van der Waals surface area contributed by atoms with Crippen LogP contribution in [0.3, 0.4) is 0 Å². The molecule has 1 rings (SSSR count). The van der Waals surface area contributed by atoms with Gasteiger partial charge in [0.25, 0.3) is 0 Å². The SMILES string of the molecule is CNC(CCl)c1ccc(C)c(C)c1C. The Morgan fingerprint density at radius 2 is 1.86 bits per heavy atom. The Bertz CT molecular complexity index is 316. The summed E-state index contributed by atoms with van der Waals surface area (Å²) in [5, 5.41) is 3.22. The standard InChI is InChI=1S/C12H18ClN/c1-8-5-6-11(10(3)9(8)2)12(7-13)14-4/h5-6,12,14H,7H2,1-4H3. The Labute approximate surface area is 91.5 Å². The van der Waals surface area contributed by atoms with Gasteiger partial charge >= 0.3 is 0 Å². The molecule has 1 N–H and O–H groups in total. The number of nitrogens with one attached hydrogen (secondary N) is 1. The summed E-state index contributed by atoms with van der Waals surface area (Å²) in [4.78, 5) is 0. The Morgan fingerprint density at radius 1 is 1.21 bits per heavy atom. The Hall–Kier alpha value is -0.530. The molecular weight excluding hydrogens is 194 g/mol. The van der Waals surface area contributed by atoms with Crippen molar-refractivity contribution in [2.75, 3.05) is 12.9 Å². The van der Waals surface area contributed by atoms with Crippen LogP contribution in [-0.4, -0.2) is 12.9 Å². The van der Waals surface area contributed by atoms with Crippen LogP contribution in [0.2, 0.25) is 0 Å². The third kappa shape index (κ3) is 2.10. The second-order valence-corrected chi connectivity index (χ2v) is 4.03. The molecule has 0 spiro atoms. The smallest absolute Gasteiger partial charge is 0.0457 e. The molecular formula is C12H18ClN. The minimum Gasteiger partial charge on any atom is -0.312 e. The van der Waals surface area contributed by atoms with Crippen LogP contribution >= 0.6 is 11.6 Å². The lowest BCUT2D eigenvalue weighted by atomic mass is 9.95. The molecule has 0 bridgehead atoms. The van der Waals surface area contributed by atoms with Gasteiger partial charge in [-0.2, -0.15) is 0 Å². The number of rotatable bonds is 3. The first-order valence-electron chi connectivity index (χ1n) is 4.91. The van der Waals surface area contributed by atoms with Gasteiger partial charge in [-0.05, 0) is 50.1 Å². The Morgan fingerprint density at radius 3 is 2.36 bits per heavy atom. The lowest BCUT2D eigenvalue weighted by Gasteiger charge is -2.18. The molecule has 1 nitrogen and oxygen atoms in total. The van der Waals surface area contributed by atoms with E-state index in [1.807, 2.05) is 7.05 Å². The highest BCUT2D eigenvalue weighted by molar-refractivity contribution is 6.18. The number of aryl methyl sites for hydroxylation is 1. The molecule has 1 aromatic rings. The zero-order valence-corrected chi connectivity index (χ0v) is 10.1. The van der Waals surface area contributed by atoms with Gasteiger partial charge in [0.15, 0.2) is 0 Å². The summed E-state index contributed by atoms with van der Waals surface area (Å²) in [6, 6.07) is 4.59. The first kappa shape index (κ1) is 11.5. The van der Waals surface area contributed by atoms with Crippen molar-refractivity contribution in [3.05, 3.63) is 34.4 Å². The maximum absolute atomic E-state index is 5.90. The number of benzene rings is 1. The highest BCUT2D eigenvalue weighted by atomic mass is 35.5. The summed E-state index contributed by atoms with van der Waals surface area (Å²) >= 11 is 5.90. The van der Waals surface area contributed by atoms with E-state index in [-0.39, 0.29) is 6.04 Å². The molecule has 0 fully saturated rings. The molecule has 14 heavy (non-hydrogen) atoms. The highest BCUT2D eigenvalue weighted by Gasteiger charge is 2.12. The van der Waals surface area contributed by atoms with Gasteiger partial charge in [-0.15, -0.1) is 11.6 Å². The maximum Gasteiger partial charge on any atom is 0.0457 e. The highest BCUT2D eigenvalue weighted by Crippen LogP contribution is 2.23. The van der Waals surface area contributed by atoms with Crippen LogP contribution in [-0.2, 0) is 0 Å². The summed E-state index contributed by atoms with van der Waals surface area (Å²) in [5.41, 5.74) is 5.37. The van der Waals surface area contributed by atoms with E-state index in [0.717, 1.165) is 0 Å². The normalized spacial score (nSPS) is 12.9. The van der Waals surface area contributed by atoms with Gasteiger partial charge in [-0.1, -0.05) is 12.1 Å². The van der Waals surface area contributed by atoms with Crippen LogP contribution in [0.5, 0.6) is 0 Å². The van der Waals surface area contributed by atoms with Crippen LogP contribution in [0.25, 0.3) is 0 Å². The van der Waals surface area contributed by atoms with Crippen molar-refractivity contribution in [2.24, 2.45) is 0 Å². The molecule has 0 aliphatic rings. The predicted octanol–water partition coefficient (Wildman–Crippen LogP) is 3.11. The molecule has 0 aliphatic heterocycles. The lowest BCUT2D eigenvalue weighted by molar-refractivity contribution is 0.653. The summed E-state index contributed by atoms with van der Waals surface area (Å²) in [6.45, 7) is 6.46. The van der Waals surface area contributed by atoms with E-state index in [9.17, 15) is 0 Å². The summed E-state index contributed by atoms with van der Waals surface area (Å²) in [6.07, 6.45) is 0. The average molecular weight is 212 g/mol. The van der Waals surface area contributed by atoms with Crippen molar-refractivity contribution in [2.45, 2.75) is 26.8 Å². The van der Waals surface area contributed by atoms with E-state index < -0.39 is 0 Å². The molecule has 0 amide bonds. The van der Waals surface area contributed by atoms with Gasteiger partial charge in [-0.3, -0.25) is 0 Å². The van der Waals surface area contributed by atoms with Gasteiger partial charge < -0.3 is 5.32 Å². The molecule has 0 saturated carbocycles. The van der Waals surface area contributed by atoms with E-state index in [4.69, 9.17) is 11.6 Å². The molecule has 0 radical (unpaired) electrons. The molecule has 0 aromatic heterocycles. The summed E-state index contributed by atoms with van der Waals surface area (Å²) in [5.74, 6) is 0.611. The molecule has 78 valence electrons. The van der Waals surface area contributed by atoms with E-state index in [0.29, 0.717) is 5.88 Å². The van der Waals surface area contributed by atoms with Gasteiger partial charge in [0.2, 0.25) is 0 Å². The van der Waals surface area contributed by atoms with Crippen molar-refractivity contribution in [1.82, 2.24) is 5.32 Å². The topological polar surface area (TPSA) is 12.0 Å². The molecule has 1 aromatic carbocycles. The first-order valence-corrected chi connectivity index (χ1v) is 5.45. The number of hydrogen-bond donors (Lipinski definition) is 1. The third-order valence-corrected chi connectivity index (χ3v) is 3.29. The monoisotopic (exact) mass is 211 g/mol. The zero-order valence-electron chi connectivity index (χ0n) is 9.32. The van der Waals surface area contributed by atoms with E-state index >= 15 is 0 Å². The van der Waals surface area contributed by atoms with E-state index in [1.54, 1.807) is 0 Å².